The minimum atomic E-state index is 0.0584. The Balaban J connectivity index is 1.89. The van der Waals surface area contributed by atoms with Crippen molar-refractivity contribution in [1.29, 1.82) is 0 Å². The number of piperidine rings is 1. The van der Waals surface area contributed by atoms with E-state index in [4.69, 9.17) is 4.74 Å². The van der Waals surface area contributed by atoms with Crippen LogP contribution in [0.3, 0.4) is 0 Å². The number of benzene rings is 1. The van der Waals surface area contributed by atoms with Gasteiger partial charge < -0.3 is 9.64 Å². The molecule has 2 fully saturated rings. The maximum Gasteiger partial charge on any atom is 0.136 e. The van der Waals surface area contributed by atoms with Crippen molar-refractivity contribution >= 4 is 5.78 Å². The molecular formula is C19H25NO2. The smallest absolute Gasteiger partial charge is 0.136 e. The number of carbonyl (C=O) groups excluding carboxylic acids is 1. The molecule has 3 heteroatoms. The van der Waals surface area contributed by atoms with Crippen LogP contribution in [-0.2, 0) is 16.6 Å². The molecule has 0 unspecified atom stereocenters. The minimum absolute atomic E-state index is 0.0584. The quantitative estimate of drug-likeness (QED) is 0.798. The van der Waals surface area contributed by atoms with Gasteiger partial charge >= 0.3 is 0 Å². The van der Waals surface area contributed by atoms with Gasteiger partial charge in [-0.05, 0) is 62.0 Å². The van der Waals surface area contributed by atoms with Crippen LogP contribution in [0.5, 0.6) is 5.75 Å². The number of ether oxygens (including phenoxy) is 1. The number of likely N-dealkylation sites (N-methyl/N-ethyl adjacent to an activating group) is 1. The summed E-state index contributed by atoms with van der Waals surface area (Å²) in [5, 5.41) is 0. The van der Waals surface area contributed by atoms with Crippen LogP contribution in [0.15, 0.2) is 18.2 Å². The average Bonchev–Trinajstić information content (AvgIpc) is 2.52. The highest BCUT2D eigenvalue weighted by atomic mass is 16.5. The van der Waals surface area contributed by atoms with Crippen molar-refractivity contribution in [2.45, 2.75) is 44.1 Å². The van der Waals surface area contributed by atoms with Crippen molar-refractivity contribution < 1.29 is 9.53 Å². The molecule has 1 saturated carbocycles. The first-order valence-corrected chi connectivity index (χ1v) is 8.45. The molecule has 4 rings (SSSR count). The SMILES string of the molecule is COc1ccc2c(c1)[C@]13CCN(C)[C@H](C2)[C@@H]1C[C@H](C)C(=O)C3. The Hall–Kier alpha value is -1.35. The molecule has 0 amide bonds. The summed E-state index contributed by atoms with van der Waals surface area (Å²) in [5.74, 6) is 2.21. The second-order valence-electron chi connectivity index (χ2n) is 7.57. The maximum absolute atomic E-state index is 12.5. The second-order valence-corrected chi connectivity index (χ2v) is 7.57. The van der Waals surface area contributed by atoms with Crippen LogP contribution in [0.2, 0.25) is 0 Å². The summed E-state index contributed by atoms with van der Waals surface area (Å²) in [4.78, 5) is 15.1. The van der Waals surface area contributed by atoms with Crippen molar-refractivity contribution in [3.63, 3.8) is 0 Å². The molecule has 1 aliphatic heterocycles. The van der Waals surface area contributed by atoms with E-state index in [1.54, 1.807) is 7.11 Å². The fourth-order valence-corrected chi connectivity index (χ4v) is 5.28. The molecule has 2 bridgehead atoms. The highest BCUT2D eigenvalue weighted by molar-refractivity contribution is 5.83. The first kappa shape index (κ1) is 14.3. The number of likely N-dealkylation sites (tertiary alicyclic amines) is 1. The van der Waals surface area contributed by atoms with Crippen molar-refractivity contribution in [1.82, 2.24) is 4.90 Å². The van der Waals surface area contributed by atoms with E-state index in [0.29, 0.717) is 17.7 Å². The van der Waals surface area contributed by atoms with Gasteiger partial charge in [-0.25, -0.2) is 0 Å². The third kappa shape index (κ3) is 1.81. The Labute approximate surface area is 132 Å². The lowest BCUT2D eigenvalue weighted by Crippen LogP contribution is -2.61. The lowest BCUT2D eigenvalue weighted by molar-refractivity contribution is -0.132. The highest BCUT2D eigenvalue weighted by Crippen LogP contribution is 2.56. The second kappa shape index (κ2) is 4.82. The van der Waals surface area contributed by atoms with E-state index < -0.39 is 0 Å². The zero-order valence-corrected chi connectivity index (χ0v) is 13.8. The zero-order valence-electron chi connectivity index (χ0n) is 13.8. The molecule has 0 aromatic heterocycles. The predicted octanol–water partition coefficient (Wildman–Crippen LogP) is 2.81. The lowest BCUT2D eigenvalue weighted by Gasteiger charge is -2.58. The summed E-state index contributed by atoms with van der Waals surface area (Å²) in [6, 6.07) is 7.09. The number of rotatable bonds is 1. The van der Waals surface area contributed by atoms with Crippen molar-refractivity contribution in [3.8, 4) is 5.75 Å². The Morgan fingerprint density at radius 3 is 2.95 bits per heavy atom. The highest BCUT2D eigenvalue weighted by Gasteiger charge is 2.56. The van der Waals surface area contributed by atoms with Crippen LogP contribution >= 0.6 is 0 Å². The van der Waals surface area contributed by atoms with Gasteiger partial charge in [0.25, 0.3) is 0 Å². The molecule has 1 aromatic rings. The van der Waals surface area contributed by atoms with Crippen molar-refractivity contribution in [2.24, 2.45) is 11.8 Å². The maximum atomic E-state index is 12.5. The molecule has 0 radical (unpaired) electrons. The molecule has 1 saturated heterocycles. The third-order valence-electron chi connectivity index (χ3n) is 6.58. The van der Waals surface area contributed by atoms with Crippen LogP contribution < -0.4 is 4.74 Å². The Morgan fingerprint density at radius 2 is 2.18 bits per heavy atom. The summed E-state index contributed by atoms with van der Waals surface area (Å²) >= 11 is 0. The first-order valence-electron chi connectivity index (χ1n) is 8.45. The molecule has 1 heterocycles. The topological polar surface area (TPSA) is 29.5 Å². The fourth-order valence-electron chi connectivity index (χ4n) is 5.28. The monoisotopic (exact) mass is 299 g/mol. The number of Topliss-reactive ketones (excluding diaryl/α,β-unsaturated/α-hetero) is 1. The van der Waals surface area contributed by atoms with Gasteiger partial charge in [0.15, 0.2) is 0 Å². The Morgan fingerprint density at radius 1 is 1.36 bits per heavy atom. The molecule has 2 aliphatic carbocycles. The molecular weight excluding hydrogens is 274 g/mol. The molecule has 118 valence electrons. The average molecular weight is 299 g/mol. The molecule has 0 spiro atoms. The Kier molecular flexibility index (Phi) is 3.12. The van der Waals surface area contributed by atoms with Gasteiger partial charge in [0.05, 0.1) is 7.11 Å². The van der Waals surface area contributed by atoms with Gasteiger partial charge in [-0.2, -0.15) is 0 Å². The van der Waals surface area contributed by atoms with Crippen LogP contribution in [0.25, 0.3) is 0 Å². The van der Waals surface area contributed by atoms with Crippen molar-refractivity contribution in [3.05, 3.63) is 29.3 Å². The first-order chi connectivity index (χ1) is 10.5. The number of hydrogen-bond donors (Lipinski definition) is 0. The van der Waals surface area contributed by atoms with Gasteiger partial charge in [-0.15, -0.1) is 0 Å². The van der Waals surface area contributed by atoms with Gasteiger partial charge in [0.1, 0.15) is 11.5 Å². The number of hydrogen-bond acceptors (Lipinski definition) is 3. The molecule has 22 heavy (non-hydrogen) atoms. The molecule has 4 atom stereocenters. The van der Waals surface area contributed by atoms with Crippen LogP contribution in [-0.4, -0.2) is 37.4 Å². The van der Waals surface area contributed by atoms with Gasteiger partial charge in [0, 0.05) is 23.8 Å². The predicted molar refractivity (Wildman–Crippen MR) is 86.3 cm³/mol. The molecule has 3 aliphatic rings. The molecule has 1 aromatic carbocycles. The van der Waals surface area contributed by atoms with E-state index in [-0.39, 0.29) is 11.3 Å². The number of ketones is 1. The standard InChI is InChI=1S/C19H25NO2/c1-12-8-16-17-9-13-4-5-14(22-3)10-15(13)19(16,11-18(12)21)6-7-20(17)2/h4-5,10,12,16-17H,6-9,11H2,1-3H3/t12-,16-,17+,19+/m0/s1. The van der Waals surface area contributed by atoms with E-state index >= 15 is 0 Å². The molecule has 3 nitrogen and oxygen atoms in total. The summed E-state index contributed by atoms with van der Waals surface area (Å²) in [6.45, 7) is 3.21. The normalized spacial score (nSPS) is 37.4. The van der Waals surface area contributed by atoms with Crippen LogP contribution in [0.1, 0.15) is 37.3 Å². The lowest BCUT2D eigenvalue weighted by atomic mass is 9.51. The molecule has 0 N–H and O–H groups in total. The van der Waals surface area contributed by atoms with E-state index in [1.165, 1.54) is 11.1 Å². The summed E-state index contributed by atoms with van der Waals surface area (Å²) in [6.07, 6.45) is 3.99. The van der Waals surface area contributed by atoms with Crippen molar-refractivity contribution in [2.75, 3.05) is 20.7 Å². The summed E-state index contributed by atoms with van der Waals surface area (Å²) in [5.41, 5.74) is 2.89. The largest absolute Gasteiger partial charge is 0.497 e. The number of carbonyl (C=O) groups is 1. The third-order valence-corrected chi connectivity index (χ3v) is 6.58. The van der Waals surface area contributed by atoms with E-state index in [9.17, 15) is 4.79 Å². The Bertz CT molecular complexity index is 626. The minimum Gasteiger partial charge on any atom is -0.497 e. The van der Waals surface area contributed by atoms with Crippen LogP contribution in [0, 0.1) is 11.8 Å². The van der Waals surface area contributed by atoms with Crippen LogP contribution in [0.4, 0.5) is 0 Å². The summed E-state index contributed by atoms with van der Waals surface area (Å²) < 4.78 is 5.47. The van der Waals surface area contributed by atoms with Gasteiger partial charge in [-0.3, -0.25) is 4.79 Å². The number of fused-ring (bicyclic) bond motifs is 1. The van der Waals surface area contributed by atoms with Gasteiger partial charge in [-0.1, -0.05) is 13.0 Å². The van der Waals surface area contributed by atoms with E-state index in [1.807, 2.05) is 0 Å². The number of nitrogens with zero attached hydrogens (tertiary/aromatic N) is 1. The summed E-state index contributed by atoms with van der Waals surface area (Å²) in [7, 11) is 3.98. The van der Waals surface area contributed by atoms with E-state index in [2.05, 4.69) is 37.1 Å². The fraction of sp³-hybridized carbons (Fsp3) is 0.632. The van der Waals surface area contributed by atoms with Gasteiger partial charge in [0.2, 0.25) is 0 Å². The van der Waals surface area contributed by atoms with E-state index in [0.717, 1.165) is 38.0 Å². The zero-order chi connectivity index (χ0) is 15.5. The number of methoxy groups -OCH3 is 1.